The summed E-state index contributed by atoms with van der Waals surface area (Å²) in [6.45, 7) is -0.181. The van der Waals surface area contributed by atoms with Crippen molar-refractivity contribution in [2.45, 2.75) is 6.42 Å². The number of rotatable bonds is 13. The molecule has 12 aromatic rings. The number of fused-ring (bicyclic) bond motifs is 4. The summed E-state index contributed by atoms with van der Waals surface area (Å²) < 4.78 is 16.4. The first kappa shape index (κ1) is 51.0. The largest absolute Gasteiger partial charge is 0.484 e. The Morgan fingerprint density at radius 1 is 0.468 bits per heavy atom. The van der Waals surface area contributed by atoms with Crippen LogP contribution in [-0.4, -0.2) is 60.5 Å². The van der Waals surface area contributed by atoms with Crippen molar-refractivity contribution in [2.75, 3.05) is 27.9 Å². The molecular weight excluding hydrogens is 1140 g/mol. The molecule has 0 aliphatic heterocycles. The van der Waals surface area contributed by atoms with E-state index in [-0.39, 0.29) is 42.2 Å². The van der Waals surface area contributed by atoms with Crippen LogP contribution in [0.15, 0.2) is 197 Å². The standard InChI is InChI=1S/C29H20BrN5O5.C29H20BrN5O4/c30-19-9-11-22(21(14-19)27-34-29(38)40-35-27)33-28(37)24-13-18-6-3-7-23(26(18)32-24)31-25(36)15-39-20-10-8-16-4-1-2-5-17(16)12-20;30-19-11-12-22(21(15-19)27-34-29(38)39-35-27)33-28(37)24-13-18-8-4-10-23(26(18)32-24)31-25(36)14-17-7-3-6-16-5-1-2-9-20(16)17/h1-14,32H,15H2,(H,31,36)(H,33,37)(H,34,35,38);1-13,15,32H,14H2,(H,31,36)(H,33,37)(H,34,35,38). The van der Waals surface area contributed by atoms with Gasteiger partial charge in [0, 0.05) is 30.8 Å². The van der Waals surface area contributed by atoms with Gasteiger partial charge >= 0.3 is 11.5 Å². The van der Waals surface area contributed by atoms with Crippen LogP contribution in [0.3, 0.4) is 0 Å². The number of aromatic amines is 4. The Balaban J connectivity index is 0.000000167. The number of anilines is 4. The van der Waals surface area contributed by atoms with Gasteiger partial charge in [0.15, 0.2) is 18.3 Å². The number of benzene rings is 8. The minimum Gasteiger partial charge on any atom is -0.484 e. The number of hydrogen-bond acceptors (Lipinski definition) is 11. The smallest absolute Gasteiger partial charge is 0.439 e. The van der Waals surface area contributed by atoms with Crippen LogP contribution in [0.4, 0.5) is 22.7 Å². The maximum Gasteiger partial charge on any atom is 0.439 e. The van der Waals surface area contributed by atoms with Crippen LogP contribution in [0.1, 0.15) is 26.5 Å². The summed E-state index contributed by atoms with van der Waals surface area (Å²) in [6.07, 6.45) is 0.211. The number of nitrogens with one attached hydrogen (secondary N) is 8. The molecule has 390 valence electrons. The molecule has 19 nitrogen and oxygen atoms in total. The third-order valence-electron chi connectivity index (χ3n) is 12.5. The molecule has 0 aliphatic carbocycles. The molecule has 12 rings (SSSR count). The lowest BCUT2D eigenvalue weighted by Gasteiger charge is -2.10. The van der Waals surface area contributed by atoms with Crippen molar-refractivity contribution in [1.82, 2.24) is 30.2 Å². The Bertz CT molecular complexity index is 4450. The number of carbonyl (C=O) groups excluding carboxylic acids is 4. The fourth-order valence-corrected chi connectivity index (χ4v) is 9.61. The highest BCUT2D eigenvalue weighted by Crippen LogP contribution is 2.32. The highest BCUT2D eigenvalue weighted by molar-refractivity contribution is 9.10. The molecule has 4 heterocycles. The number of nitrogens with zero attached hydrogens (tertiary/aromatic N) is 2. The van der Waals surface area contributed by atoms with Gasteiger partial charge in [-0.25, -0.2) is 9.59 Å². The van der Waals surface area contributed by atoms with Crippen LogP contribution in [-0.2, 0) is 16.0 Å². The molecule has 0 radical (unpaired) electrons. The van der Waals surface area contributed by atoms with Gasteiger partial charge in [-0.3, -0.25) is 38.2 Å². The van der Waals surface area contributed by atoms with Gasteiger partial charge in [-0.1, -0.05) is 139 Å². The minimum atomic E-state index is -0.708. The molecule has 4 amide bonds. The first-order valence-corrected chi connectivity index (χ1v) is 25.7. The number of H-pyrrole nitrogens is 4. The van der Waals surface area contributed by atoms with Gasteiger partial charge in [0.2, 0.25) is 5.91 Å². The molecule has 0 unspecified atom stereocenters. The number of halogens is 2. The molecule has 0 atom stereocenters. The lowest BCUT2D eigenvalue weighted by atomic mass is 10.0. The maximum atomic E-state index is 13.2. The Kier molecular flexibility index (Phi) is 14.4. The van der Waals surface area contributed by atoms with Crippen molar-refractivity contribution in [1.29, 1.82) is 0 Å². The van der Waals surface area contributed by atoms with E-state index in [9.17, 15) is 28.8 Å². The van der Waals surface area contributed by atoms with E-state index in [1.54, 1.807) is 66.7 Å². The molecule has 0 saturated heterocycles. The Labute approximate surface area is 462 Å². The molecule has 0 bridgehead atoms. The number of amides is 4. The highest BCUT2D eigenvalue weighted by atomic mass is 79.9. The fourth-order valence-electron chi connectivity index (χ4n) is 8.89. The monoisotopic (exact) mass is 1180 g/mol. The lowest BCUT2D eigenvalue weighted by Crippen LogP contribution is -2.20. The summed E-state index contributed by atoms with van der Waals surface area (Å²) in [6, 6.07) is 51.9. The first-order valence-electron chi connectivity index (χ1n) is 24.1. The van der Waals surface area contributed by atoms with E-state index >= 15 is 0 Å². The number of para-hydroxylation sites is 2. The Morgan fingerprint density at radius 3 is 1.54 bits per heavy atom. The summed E-state index contributed by atoms with van der Waals surface area (Å²) in [5.74, 6) is -1.81. The third-order valence-corrected chi connectivity index (χ3v) is 13.5. The average Bonchev–Trinajstić information content (AvgIpc) is 4.29. The van der Waals surface area contributed by atoms with Gasteiger partial charge in [0.25, 0.3) is 17.7 Å². The highest BCUT2D eigenvalue weighted by Gasteiger charge is 2.20. The topological polar surface area (TPSA) is 275 Å². The summed E-state index contributed by atoms with van der Waals surface area (Å²) in [4.78, 5) is 86.2. The first-order chi connectivity index (χ1) is 38.4. The summed E-state index contributed by atoms with van der Waals surface area (Å²) >= 11 is 6.77. The average molecular weight is 1180 g/mol. The van der Waals surface area contributed by atoms with Gasteiger partial charge in [-0.05, 0) is 99.9 Å². The molecule has 0 aliphatic rings. The summed E-state index contributed by atoms with van der Waals surface area (Å²) in [7, 11) is 0. The number of hydrogen-bond donors (Lipinski definition) is 8. The molecule has 0 saturated carbocycles. The van der Waals surface area contributed by atoms with Crippen LogP contribution < -0.4 is 37.5 Å². The zero-order chi connectivity index (χ0) is 54.6. The second-order valence-electron chi connectivity index (χ2n) is 17.8. The van der Waals surface area contributed by atoms with Gasteiger partial charge in [0.1, 0.15) is 17.1 Å². The SMILES string of the molecule is O=C(COc1ccc2ccccc2c1)Nc1cccc2cc(C(=O)Nc3ccc(Br)cc3-c3noc(=O)[nH]3)[nH]c12.O=C(Cc1cccc2ccccc12)Nc1cccc2cc(C(=O)Nc3ccc(Br)cc3-c3noc(=O)[nH]3)[nH]c12. The summed E-state index contributed by atoms with van der Waals surface area (Å²) in [5, 5.41) is 24.7. The predicted molar refractivity (Wildman–Crippen MR) is 307 cm³/mol. The molecule has 79 heavy (non-hydrogen) atoms. The third kappa shape index (κ3) is 11.5. The second kappa shape index (κ2) is 22.2. The molecule has 21 heteroatoms. The molecule has 4 aromatic heterocycles. The van der Waals surface area contributed by atoms with Crippen LogP contribution in [0.5, 0.6) is 5.75 Å². The van der Waals surface area contributed by atoms with Gasteiger partial charge < -0.3 is 36.0 Å². The molecular formula is C58H40Br2N10O9. The van der Waals surface area contributed by atoms with E-state index in [4.69, 9.17) is 4.74 Å². The van der Waals surface area contributed by atoms with Crippen molar-refractivity contribution in [3.63, 3.8) is 0 Å². The molecule has 8 aromatic carbocycles. The van der Waals surface area contributed by atoms with E-state index in [1.807, 2.05) is 103 Å². The number of aromatic nitrogens is 6. The van der Waals surface area contributed by atoms with Crippen molar-refractivity contribution >= 4 is 122 Å². The van der Waals surface area contributed by atoms with E-state index in [0.29, 0.717) is 56.4 Å². The van der Waals surface area contributed by atoms with Crippen LogP contribution in [0.2, 0.25) is 0 Å². The zero-order valence-corrected chi connectivity index (χ0v) is 44.1. The van der Waals surface area contributed by atoms with Crippen LogP contribution in [0, 0.1) is 0 Å². The maximum absolute atomic E-state index is 13.2. The molecule has 0 fully saturated rings. The normalized spacial score (nSPS) is 11.1. The molecule has 8 N–H and O–H groups in total. The van der Waals surface area contributed by atoms with E-state index in [0.717, 1.165) is 46.8 Å². The van der Waals surface area contributed by atoms with E-state index in [1.165, 1.54) is 0 Å². The zero-order valence-electron chi connectivity index (χ0n) is 40.9. The van der Waals surface area contributed by atoms with Crippen LogP contribution >= 0.6 is 31.9 Å². The quantitative estimate of drug-likeness (QED) is 0.0537. The van der Waals surface area contributed by atoms with E-state index in [2.05, 4.69) is 92.4 Å². The van der Waals surface area contributed by atoms with Crippen molar-refractivity contribution in [3.05, 3.63) is 217 Å². The van der Waals surface area contributed by atoms with Crippen molar-refractivity contribution < 1.29 is 33.0 Å². The van der Waals surface area contributed by atoms with Gasteiger partial charge in [-0.2, -0.15) is 0 Å². The van der Waals surface area contributed by atoms with E-state index < -0.39 is 23.3 Å². The van der Waals surface area contributed by atoms with Crippen molar-refractivity contribution in [2.24, 2.45) is 0 Å². The Morgan fingerprint density at radius 2 is 0.975 bits per heavy atom. The minimum absolute atomic E-state index is 0.166. The molecule has 0 spiro atoms. The van der Waals surface area contributed by atoms with Crippen molar-refractivity contribution in [3.8, 4) is 28.5 Å². The second-order valence-corrected chi connectivity index (χ2v) is 19.6. The number of carbonyl (C=O) groups is 4. The Hall–Kier alpha value is -10.1. The van der Waals surface area contributed by atoms with Crippen LogP contribution in [0.25, 0.3) is 66.1 Å². The summed E-state index contributed by atoms with van der Waals surface area (Å²) in [5.41, 5.74) is 5.57. The van der Waals surface area contributed by atoms with Gasteiger partial charge in [-0.15, -0.1) is 0 Å². The number of ether oxygens (including phenoxy) is 1. The fraction of sp³-hybridized carbons (Fsp3) is 0.0345. The lowest BCUT2D eigenvalue weighted by molar-refractivity contribution is -0.118. The predicted octanol–water partition coefficient (Wildman–Crippen LogP) is 11.6. The van der Waals surface area contributed by atoms with Gasteiger partial charge in [0.05, 0.1) is 40.2 Å².